The monoisotopic (exact) mass is 2050 g/mol. The van der Waals surface area contributed by atoms with Gasteiger partial charge in [-0.2, -0.15) is 0 Å². The first kappa shape index (κ1) is 130. The molecule has 2 N–H and O–H groups in total. The predicted molar refractivity (Wildman–Crippen MR) is 529 cm³/mol. The van der Waals surface area contributed by atoms with Crippen molar-refractivity contribution in [2.24, 2.45) is 0 Å². The Labute approximate surface area is 844 Å². The summed E-state index contributed by atoms with van der Waals surface area (Å²) in [5.74, 6) is -10.6. The van der Waals surface area contributed by atoms with Crippen LogP contribution in [0, 0.1) is 0 Å². The van der Waals surface area contributed by atoms with E-state index in [9.17, 15) is 124 Å². The normalized spacial score (nSPS) is 11.2. The van der Waals surface area contributed by atoms with Crippen LogP contribution in [0.4, 0.5) is 11.4 Å². The maximum atomic E-state index is 12.3. The highest BCUT2D eigenvalue weighted by molar-refractivity contribution is 7.87. The van der Waals surface area contributed by atoms with Crippen LogP contribution in [0.25, 0.3) is 0 Å². The zero-order chi connectivity index (χ0) is 108. The van der Waals surface area contributed by atoms with Crippen LogP contribution < -0.4 is 10.6 Å². The molecule has 60 heteroatoms. The first-order valence-electron chi connectivity index (χ1n) is 41.1. The fraction of sp³-hybridized carbons (Fsp3) is 0.395. The van der Waals surface area contributed by atoms with E-state index < -0.39 is 199 Å². The van der Waals surface area contributed by atoms with Crippen LogP contribution in [0.1, 0.15) is 162 Å². The largest absolute Gasteiger partial charge is 0.748 e. The Morgan fingerprint density at radius 2 is 0.546 bits per heavy atom. The maximum Gasteiger partial charge on any atom is 0.340 e. The second-order valence-electron chi connectivity index (χ2n) is 28.7. The van der Waals surface area contributed by atoms with Crippen LogP contribution in [0.3, 0.4) is 0 Å². The third-order valence-electron chi connectivity index (χ3n) is 18.6. The molecule has 0 saturated carbocycles. The number of carbonyl (C=O) groups excluding carboxylic acids is 7. The van der Waals surface area contributed by atoms with Gasteiger partial charge in [-0.05, 0) is 93.0 Å². The van der Waals surface area contributed by atoms with Crippen LogP contribution in [0.2, 0.25) is 0 Å². The summed E-state index contributed by atoms with van der Waals surface area (Å²) in [5.41, 5.74) is 18.0. The van der Waals surface area contributed by atoms with Crippen LogP contribution >= 0.6 is 0 Å². The van der Waals surface area contributed by atoms with Gasteiger partial charge >= 0.3 is 41.8 Å². The van der Waals surface area contributed by atoms with E-state index in [2.05, 4.69) is 4.74 Å². The molecule has 726 valence electrons. The summed E-state index contributed by atoms with van der Waals surface area (Å²) >= 11 is 0. The fourth-order valence-electron chi connectivity index (χ4n) is 11.8. The summed E-state index contributed by atoms with van der Waals surface area (Å²) in [5, 5.41) is 0. The number of anilines is 2. The summed E-state index contributed by atoms with van der Waals surface area (Å²) in [4.78, 5) is 84.9. The Bertz CT molecular complexity index is 6190. The van der Waals surface area contributed by atoms with Crippen molar-refractivity contribution in [2.45, 2.75) is 101 Å². The Hall–Kier alpha value is -9.16. The van der Waals surface area contributed by atoms with Crippen LogP contribution in [0.15, 0.2) is 103 Å². The number of hydrogen-bond donors (Lipinski definition) is 1. The lowest BCUT2D eigenvalue weighted by molar-refractivity contribution is 0.0515. The lowest BCUT2D eigenvalue weighted by Crippen LogP contribution is -2.20. The number of nitrogens with two attached hydrogens (primary N) is 1. The van der Waals surface area contributed by atoms with Gasteiger partial charge < -0.3 is 75.7 Å². The highest BCUT2D eigenvalue weighted by Gasteiger charge is 2.25. The van der Waals surface area contributed by atoms with Crippen LogP contribution in [-0.2, 0) is 205 Å². The zero-order valence-corrected chi connectivity index (χ0v) is 82.2. The molecule has 0 aliphatic carbocycles. The van der Waals surface area contributed by atoms with E-state index in [1.165, 1.54) is 30.3 Å². The van der Waals surface area contributed by atoms with Gasteiger partial charge in [0.1, 0.15) is 46.2 Å². The topological polar surface area (TPSA) is 614 Å². The molecule has 0 bridgehead atoms. The molecule has 0 saturated heterocycles. The molecule has 0 unspecified atom stereocenters. The van der Waals surface area contributed by atoms with Gasteiger partial charge in [-0.1, -0.05) is 200 Å². The number of carbonyl (C=O) groups is 7. The number of esters is 7. The van der Waals surface area contributed by atoms with Gasteiger partial charge in [0, 0.05) is 25.5 Å². The van der Waals surface area contributed by atoms with Crippen molar-refractivity contribution in [3.63, 3.8) is 0 Å². The Morgan fingerprint density at radius 1 is 0.255 bits per heavy atom. The standard InChI is InChI=1S/C13H14B4O5S.2C12H13B3O5S.C12H16BNO5S.2C11H12B2O5S.C10H12BNO5S/c14-4-8-3-9(5-15)11(7-17)12(10(8)6-16)13(18)22-1-2-23(19,20)21;13-5-8-3-9(6-14)11(7-15)10(4-8)12(16)20-1-2-21(17,18)19;13-5-8-3-9(6-14)11(10(4-8)7-15)12(16)20-1-2-21(17,18)19;1-14(2)11-4-3-9(7-10(11)8-13)12(15)19-5-6-20(16,17)18;12-6-8-1-2-10(9(5-8)7-13)11(14)18-3-4-19(15,16)17;12-6-8-2-1-3-9(10(8)7-13)11(14)18-4-5-19(15,16)17;11-6-7-1-2-9(12)8(5-7)10(13)17-3-4-18(14,15)16/h3H,1-2,4-7H2,(H,19,20,21);2*3-4H,1-2,5-7H2,(H,17,18,19);3-4,7H,5-6,8H2,1-2H3,(H,16,17,18);1-2,5H,3-4,6-7H2,(H,15,16,17);1-3H,4-7H2,(H,15,16,17);1-2,5H,3-4,6,12H2,(H,14,15,16)/p-7. The van der Waals surface area contributed by atoms with Gasteiger partial charge in [-0.3, -0.25) is 0 Å². The first-order valence-corrected chi connectivity index (χ1v) is 52.1. The Balaban J connectivity index is 0.000000823. The summed E-state index contributed by atoms with van der Waals surface area (Å²) in [6.45, 7) is -3.51. The minimum Gasteiger partial charge on any atom is -0.748 e. The predicted octanol–water partition coefficient (Wildman–Crippen LogP) is -2.94. The van der Waals surface area contributed by atoms with Gasteiger partial charge in [0.25, 0.3) is 0 Å². The number of rotatable bonds is 45. The molecule has 0 atom stereocenters. The second-order valence-corrected chi connectivity index (χ2v) is 39.4. The molecule has 0 aliphatic heterocycles. The summed E-state index contributed by atoms with van der Waals surface area (Å²) < 4.78 is 252. The van der Waals surface area contributed by atoms with Crippen molar-refractivity contribution in [1.29, 1.82) is 0 Å². The summed E-state index contributed by atoms with van der Waals surface area (Å²) in [6.07, 6.45) is 2.45. The van der Waals surface area contributed by atoms with Gasteiger partial charge in [0.05, 0.1) is 276 Å². The Kier molecular flexibility index (Phi) is 58.8. The molecule has 0 spiro atoms. The number of nitrogens with zero attached hydrogens (tertiary/aromatic N) is 1. The van der Waals surface area contributed by atoms with Crippen molar-refractivity contribution in [1.82, 2.24) is 0 Å². The molecular formula is C81H85B16N2O35S7-7. The molecule has 32 radical (unpaired) electrons. The maximum absolute atomic E-state index is 12.3. The lowest BCUT2D eigenvalue weighted by Gasteiger charge is -2.20. The average molecular weight is 2040 g/mol. The van der Waals surface area contributed by atoms with E-state index in [4.69, 9.17) is 160 Å². The molecular weight excluding hydrogens is 1960 g/mol. The van der Waals surface area contributed by atoms with Gasteiger partial charge in [-0.25, -0.2) is 92.5 Å². The quantitative estimate of drug-likeness (QED) is 0.0131. The van der Waals surface area contributed by atoms with Crippen molar-refractivity contribution >= 4 is 250 Å². The number of nitrogen functional groups attached to an aromatic ring is 1. The molecule has 7 aromatic carbocycles. The number of hydrogen-bond acceptors (Lipinski definition) is 37. The molecule has 7 aromatic rings. The smallest absolute Gasteiger partial charge is 0.340 e. The van der Waals surface area contributed by atoms with Gasteiger partial charge in [0.15, 0.2) is 0 Å². The van der Waals surface area contributed by atoms with Crippen LogP contribution in [0.5, 0.6) is 0 Å². The SMILES string of the molecule is [B]Cc1cc(C(=O)OCCS(=O)(=O)[O-])ccc1N(C)C.[B]Cc1cc(C[B])c(C(=O)OCCS(=O)(=O)[O-])c(C[B])c1.[B]Cc1cc(C[B])c(C[B])c(C(=O)OCCS(=O)(=O)[O-])c1.[B]Cc1cc(C[B])c(C[B])c(C(=O)OCCS(=O)(=O)[O-])c1C[B].[B]Cc1ccc(C(=O)OCCS(=O)(=O)[O-])c(C[B])c1.[B]Cc1ccc(N)c(C(=O)OCCS(=O)(=O)[O-])c1.[B]Cc1cccc(C(=O)OCCS(=O)(=O)[O-])c1C[B]. The molecule has 7 rings (SSSR count). The van der Waals surface area contributed by atoms with E-state index in [0.717, 1.165) is 22.4 Å². The second kappa shape index (κ2) is 63.9. The van der Waals surface area contributed by atoms with E-state index in [1.54, 1.807) is 72.8 Å². The lowest BCUT2D eigenvalue weighted by atomic mass is 9.75. The van der Waals surface area contributed by atoms with Gasteiger partial charge in [-0.15, -0.1) is 0 Å². The third kappa shape index (κ3) is 49.8. The van der Waals surface area contributed by atoms with E-state index in [1.807, 2.05) is 19.0 Å². The highest BCUT2D eigenvalue weighted by Crippen LogP contribution is 2.28. The minimum absolute atomic E-state index is 0.0225. The molecule has 0 aromatic heterocycles. The molecule has 37 nitrogen and oxygen atoms in total. The molecule has 141 heavy (non-hydrogen) atoms. The molecule has 0 amide bonds. The molecule has 0 heterocycles. The van der Waals surface area contributed by atoms with Crippen molar-refractivity contribution < 1.29 is 158 Å². The zero-order valence-electron chi connectivity index (χ0n) is 76.4. The van der Waals surface area contributed by atoms with Gasteiger partial charge in [0.2, 0.25) is 0 Å². The average Bonchev–Trinajstić information content (AvgIpc) is 0.781. The highest BCUT2D eigenvalue weighted by atomic mass is 32.2. The molecule has 0 aliphatic rings. The number of benzene rings is 7. The first-order chi connectivity index (χ1) is 65.7. The van der Waals surface area contributed by atoms with Crippen LogP contribution in [-0.4, -0.2) is 359 Å². The van der Waals surface area contributed by atoms with Crippen molar-refractivity contribution in [2.75, 3.05) is 111 Å². The van der Waals surface area contributed by atoms with Crippen molar-refractivity contribution in [3.05, 3.63) is 231 Å². The summed E-state index contributed by atoms with van der Waals surface area (Å²) in [6, 6.07) is 27.6. The molecule has 0 fully saturated rings. The van der Waals surface area contributed by atoms with E-state index >= 15 is 0 Å². The van der Waals surface area contributed by atoms with Crippen molar-refractivity contribution in [3.8, 4) is 0 Å². The number of ether oxygens (including phenoxy) is 7. The van der Waals surface area contributed by atoms with E-state index in [-0.39, 0.29) is 139 Å². The fourth-order valence-corrected chi connectivity index (χ4v) is 13.9. The Morgan fingerprint density at radius 3 is 0.901 bits per heavy atom. The third-order valence-corrected chi connectivity index (χ3v) is 23.3. The van der Waals surface area contributed by atoms with E-state index in [0.29, 0.717) is 78.6 Å². The summed E-state index contributed by atoms with van der Waals surface area (Å²) in [7, 11) is 62.1. The minimum atomic E-state index is -4.48.